The summed E-state index contributed by atoms with van der Waals surface area (Å²) in [5.74, 6) is -0.0812. The Bertz CT molecular complexity index is 582. The zero-order valence-corrected chi connectivity index (χ0v) is 13.5. The van der Waals surface area contributed by atoms with Gasteiger partial charge in [-0.2, -0.15) is 0 Å². The van der Waals surface area contributed by atoms with Gasteiger partial charge in [0.25, 0.3) is 0 Å². The van der Waals surface area contributed by atoms with Crippen molar-refractivity contribution in [3.8, 4) is 0 Å². The lowest BCUT2D eigenvalue weighted by Crippen LogP contribution is -2.68. The molecule has 114 valence electrons. The van der Waals surface area contributed by atoms with Crippen molar-refractivity contribution in [2.45, 2.75) is 59.2 Å². The molecule has 2 amide bonds. The number of nitrogens with zero attached hydrogens (tertiary/aromatic N) is 1. The minimum Gasteiger partial charge on any atom is -0.343 e. The van der Waals surface area contributed by atoms with E-state index < -0.39 is 11.6 Å². The van der Waals surface area contributed by atoms with Crippen LogP contribution in [0.4, 0.5) is 0 Å². The van der Waals surface area contributed by atoms with Gasteiger partial charge in [0.05, 0.1) is 0 Å². The number of piperazine rings is 1. The van der Waals surface area contributed by atoms with Crippen molar-refractivity contribution in [2.24, 2.45) is 0 Å². The summed E-state index contributed by atoms with van der Waals surface area (Å²) >= 11 is 0. The average Bonchev–Trinajstić information content (AvgIpc) is 2.45. The summed E-state index contributed by atoms with van der Waals surface area (Å²) in [5.41, 5.74) is 2.63. The Morgan fingerprint density at radius 3 is 2.57 bits per heavy atom. The van der Waals surface area contributed by atoms with Gasteiger partial charge in [-0.25, -0.2) is 0 Å². The largest absolute Gasteiger partial charge is 0.343 e. The average molecular weight is 288 g/mol. The number of hydrogen-bond acceptors (Lipinski definition) is 2. The minimum absolute atomic E-state index is 0.0140. The highest BCUT2D eigenvalue weighted by molar-refractivity contribution is 5.99. The van der Waals surface area contributed by atoms with Crippen LogP contribution in [0.25, 0.3) is 0 Å². The van der Waals surface area contributed by atoms with Crippen LogP contribution in [-0.2, 0) is 16.1 Å². The minimum atomic E-state index is -0.778. The van der Waals surface area contributed by atoms with Crippen molar-refractivity contribution in [3.63, 3.8) is 0 Å². The molecule has 1 saturated heterocycles. The number of amides is 2. The highest BCUT2D eigenvalue weighted by Gasteiger charge is 2.46. The Hall–Kier alpha value is -1.84. The monoisotopic (exact) mass is 288 g/mol. The highest BCUT2D eigenvalue weighted by atomic mass is 16.2. The predicted molar refractivity (Wildman–Crippen MR) is 82.8 cm³/mol. The van der Waals surface area contributed by atoms with E-state index in [0.717, 1.165) is 16.7 Å². The van der Waals surface area contributed by atoms with Crippen LogP contribution in [0.5, 0.6) is 0 Å². The van der Waals surface area contributed by atoms with Gasteiger partial charge in [0, 0.05) is 6.54 Å². The van der Waals surface area contributed by atoms with Crippen LogP contribution in [0, 0.1) is 13.8 Å². The summed E-state index contributed by atoms with van der Waals surface area (Å²) in [6.45, 7) is 10.1. The van der Waals surface area contributed by atoms with Crippen LogP contribution in [0.2, 0.25) is 0 Å². The molecule has 0 aliphatic carbocycles. The fourth-order valence-corrected chi connectivity index (χ4v) is 2.76. The highest BCUT2D eigenvalue weighted by Crippen LogP contribution is 2.28. The topological polar surface area (TPSA) is 49.4 Å². The molecule has 0 bridgehead atoms. The standard InChI is InChI=1S/C17H24N2O2/c1-6-17(5)16(21)18-13(4)15(20)19(17)10-14-9-11(2)7-8-12(14)3/h7-9,13H,6,10H2,1-5H3,(H,18,21). The normalized spacial score (nSPS) is 26.0. The number of benzene rings is 1. The smallest absolute Gasteiger partial charge is 0.246 e. The maximum atomic E-state index is 12.6. The summed E-state index contributed by atoms with van der Waals surface area (Å²) < 4.78 is 0. The molecule has 0 aromatic heterocycles. The zero-order valence-electron chi connectivity index (χ0n) is 13.5. The van der Waals surface area contributed by atoms with Gasteiger partial charge in [-0.15, -0.1) is 0 Å². The SMILES string of the molecule is CCC1(C)C(=O)NC(C)C(=O)N1Cc1cc(C)ccc1C. The molecule has 0 saturated carbocycles. The quantitative estimate of drug-likeness (QED) is 0.928. The Kier molecular flexibility index (Phi) is 4.08. The first-order valence-corrected chi connectivity index (χ1v) is 7.48. The fourth-order valence-electron chi connectivity index (χ4n) is 2.76. The molecule has 2 rings (SSSR count). The summed E-state index contributed by atoms with van der Waals surface area (Å²) in [7, 11) is 0. The van der Waals surface area contributed by atoms with Crippen LogP contribution in [0.1, 0.15) is 43.9 Å². The lowest BCUT2D eigenvalue weighted by molar-refractivity contribution is -0.157. The lowest BCUT2D eigenvalue weighted by Gasteiger charge is -2.45. The third kappa shape index (κ3) is 2.67. The molecule has 0 radical (unpaired) electrons. The molecule has 1 N–H and O–H groups in total. The summed E-state index contributed by atoms with van der Waals surface area (Å²) in [5, 5.41) is 2.78. The van der Waals surface area contributed by atoms with E-state index in [-0.39, 0.29) is 11.8 Å². The second-order valence-corrected chi connectivity index (χ2v) is 6.18. The van der Waals surface area contributed by atoms with E-state index >= 15 is 0 Å². The van der Waals surface area contributed by atoms with E-state index in [4.69, 9.17) is 0 Å². The number of rotatable bonds is 3. The summed E-state index contributed by atoms with van der Waals surface area (Å²) in [6.07, 6.45) is 0.599. The molecule has 2 unspecified atom stereocenters. The fraction of sp³-hybridized carbons (Fsp3) is 0.529. The molecule has 1 aromatic carbocycles. The van der Waals surface area contributed by atoms with Crippen LogP contribution in [-0.4, -0.2) is 28.3 Å². The molecule has 1 heterocycles. The Morgan fingerprint density at radius 2 is 1.95 bits per heavy atom. The van der Waals surface area contributed by atoms with Gasteiger partial charge in [0.2, 0.25) is 11.8 Å². The second kappa shape index (κ2) is 5.51. The van der Waals surface area contributed by atoms with Gasteiger partial charge in [-0.05, 0) is 45.2 Å². The summed E-state index contributed by atoms with van der Waals surface area (Å²) in [4.78, 5) is 26.6. The molecule has 1 fully saturated rings. The Morgan fingerprint density at radius 1 is 1.29 bits per heavy atom. The van der Waals surface area contributed by atoms with Gasteiger partial charge in [-0.3, -0.25) is 9.59 Å². The Labute approximate surface area is 126 Å². The predicted octanol–water partition coefficient (Wildman–Crippen LogP) is 2.32. The van der Waals surface area contributed by atoms with E-state index in [0.29, 0.717) is 13.0 Å². The van der Waals surface area contributed by atoms with E-state index in [1.54, 1.807) is 11.8 Å². The third-order valence-electron chi connectivity index (χ3n) is 4.59. The van der Waals surface area contributed by atoms with E-state index in [1.165, 1.54) is 0 Å². The zero-order chi connectivity index (χ0) is 15.8. The van der Waals surface area contributed by atoms with E-state index in [1.807, 2.05) is 27.7 Å². The van der Waals surface area contributed by atoms with Crippen molar-refractivity contribution in [1.82, 2.24) is 10.2 Å². The molecule has 4 nitrogen and oxygen atoms in total. The summed E-state index contributed by atoms with van der Waals surface area (Å²) in [6, 6.07) is 5.76. The first-order chi connectivity index (χ1) is 9.79. The van der Waals surface area contributed by atoms with Gasteiger partial charge in [0.15, 0.2) is 0 Å². The Balaban J connectivity index is 2.40. The van der Waals surface area contributed by atoms with Gasteiger partial charge in [-0.1, -0.05) is 30.7 Å². The molecule has 0 spiro atoms. The second-order valence-electron chi connectivity index (χ2n) is 6.18. The van der Waals surface area contributed by atoms with Crippen molar-refractivity contribution >= 4 is 11.8 Å². The maximum absolute atomic E-state index is 12.6. The van der Waals surface area contributed by atoms with Crippen molar-refractivity contribution in [2.75, 3.05) is 0 Å². The third-order valence-corrected chi connectivity index (χ3v) is 4.59. The molecule has 2 atom stereocenters. The lowest BCUT2D eigenvalue weighted by atomic mass is 9.89. The van der Waals surface area contributed by atoms with Gasteiger partial charge < -0.3 is 10.2 Å². The number of carbonyl (C=O) groups is 2. The van der Waals surface area contributed by atoms with Gasteiger partial charge in [0.1, 0.15) is 11.6 Å². The number of carbonyl (C=O) groups excluding carboxylic acids is 2. The molecular formula is C17H24N2O2. The van der Waals surface area contributed by atoms with Crippen molar-refractivity contribution in [1.29, 1.82) is 0 Å². The maximum Gasteiger partial charge on any atom is 0.246 e. The molecule has 1 aliphatic rings. The first kappa shape index (κ1) is 15.5. The van der Waals surface area contributed by atoms with Crippen LogP contribution in [0.15, 0.2) is 18.2 Å². The molecule has 21 heavy (non-hydrogen) atoms. The van der Waals surface area contributed by atoms with Gasteiger partial charge >= 0.3 is 0 Å². The van der Waals surface area contributed by atoms with Crippen molar-refractivity contribution < 1.29 is 9.59 Å². The number of nitrogens with one attached hydrogen (secondary N) is 1. The van der Waals surface area contributed by atoms with Crippen LogP contribution in [0.3, 0.4) is 0 Å². The number of hydrogen-bond donors (Lipinski definition) is 1. The van der Waals surface area contributed by atoms with Crippen LogP contribution < -0.4 is 5.32 Å². The van der Waals surface area contributed by atoms with Crippen molar-refractivity contribution in [3.05, 3.63) is 34.9 Å². The van der Waals surface area contributed by atoms with Crippen LogP contribution >= 0.6 is 0 Å². The molecule has 1 aromatic rings. The van der Waals surface area contributed by atoms with E-state index in [9.17, 15) is 9.59 Å². The number of aryl methyl sites for hydroxylation is 2. The first-order valence-electron chi connectivity index (χ1n) is 7.48. The molecular weight excluding hydrogens is 264 g/mol. The molecule has 1 aliphatic heterocycles. The van der Waals surface area contributed by atoms with E-state index in [2.05, 4.69) is 23.5 Å². The molecule has 4 heteroatoms.